The molecule has 0 saturated carbocycles. The summed E-state index contributed by atoms with van der Waals surface area (Å²) in [5.74, 6) is 0. The van der Waals surface area contributed by atoms with Gasteiger partial charge < -0.3 is 12.3 Å². The maximum atomic E-state index is 13.6. The van der Waals surface area contributed by atoms with Crippen molar-refractivity contribution in [2.75, 3.05) is 6.30 Å². The van der Waals surface area contributed by atoms with Crippen LogP contribution in [0.3, 0.4) is 0 Å². The SMILES string of the molecule is CC[Si]1(CC)O[Si](CC)(CC)O[Si](CF)(C(Cl)Cl)O1. The monoisotopic (exact) mass is 364 g/mol. The van der Waals surface area contributed by atoms with E-state index in [-0.39, 0.29) is 0 Å². The molecule has 3 nitrogen and oxygen atoms in total. The van der Waals surface area contributed by atoms with Gasteiger partial charge in [-0.25, -0.2) is 4.39 Å². The average Bonchev–Trinajstić information content (AvgIpc) is 2.46. The summed E-state index contributed by atoms with van der Waals surface area (Å²) in [6.07, 6.45) is -0.711. The van der Waals surface area contributed by atoms with Crippen molar-refractivity contribution in [3.8, 4) is 0 Å². The van der Waals surface area contributed by atoms with Gasteiger partial charge in [0.15, 0.2) is 4.46 Å². The summed E-state index contributed by atoms with van der Waals surface area (Å²) >= 11 is 12.0. The maximum absolute atomic E-state index is 13.6. The van der Waals surface area contributed by atoms with Crippen molar-refractivity contribution in [3.05, 3.63) is 0 Å². The van der Waals surface area contributed by atoms with E-state index >= 15 is 0 Å². The third-order valence-electron chi connectivity index (χ3n) is 3.76. The molecule has 0 unspecified atom stereocenters. The minimum absolute atomic E-state index is 0.711. The van der Waals surface area contributed by atoms with Crippen LogP contribution >= 0.6 is 23.2 Å². The molecule has 0 spiro atoms. The molecule has 1 rings (SSSR count). The van der Waals surface area contributed by atoms with Crippen LogP contribution in [0.25, 0.3) is 0 Å². The van der Waals surface area contributed by atoms with Gasteiger partial charge in [-0.15, -0.1) is 23.2 Å². The van der Waals surface area contributed by atoms with E-state index in [1.165, 1.54) is 0 Å². The highest BCUT2D eigenvalue weighted by atomic mass is 35.5. The van der Waals surface area contributed by atoms with Gasteiger partial charge >= 0.3 is 25.7 Å². The van der Waals surface area contributed by atoms with Crippen molar-refractivity contribution >= 4 is 48.9 Å². The minimum Gasteiger partial charge on any atom is -0.415 e. The van der Waals surface area contributed by atoms with Crippen molar-refractivity contribution in [1.29, 1.82) is 0 Å². The van der Waals surface area contributed by atoms with E-state index in [0.29, 0.717) is 0 Å². The number of rotatable bonds is 6. The summed E-state index contributed by atoms with van der Waals surface area (Å²) in [7, 11) is -8.10. The Morgan fingerprint density at radius 3 is 1.42 bits per heavy atom. The van der Waals surface area contributed by atoms with Crippen molar-refractivity contribution < 1.29 is 16.7 Å². The fraction of sp³-hybridized carbons (Fsp3) is 1.00. The van der Waals surface area contributed by atoms with Gasteiger partial charge in [-0.1, -0.05) is 27.7 Å². The lowest BCUT2D eigenvalue weighted by atomic mass is 10.9. The van der Waals surface area contributed by atoms with Gasteiger partial charge in [0, 0.05) is 0 Å². The predicted octanol–water partition coefficient (Wildman–Crippen LogP) is 4.31. The molecular weight excluding hydrogens is 342 g/mol. The molecule has 0 bridgehead atoms. The molecule has 9 heteroatoms. The molecule has 1 aliphatic rings. The average molecular weight is 365 g/mol. The van der Waals surface area contributed by atoms with E-state index in [1.54, 1.807) is 0 Å². The van der Waals surface area contributed by atoms with E-state index in [4.69, 9.17) is 35.5 Å². The van der Waals surface area contributed by atoms with Crippen LogP contribution in [0.4, 0.5) is 4.39 Å². The van der Waals surface area contributed by atoms with E-state index < -0.39 is 36.4 Å². The summed E-state index contributed by atoms with van der Waals surface area (Å²) in [4.78, 5) is 0. The van der Waals surface area contributed by atoms with Gasteiger partial charge in [0.25, 0.3) is 0 Å². The van der Waals surface area contributed by atoms with Crippen LogP contribution in [0.1, 0.15) is 27.7 Å². The van der Waals surface area contributed by atoms with Gasteiger partial charge in [0.2, 0.25) is 0 Å². The van der Waals surface area contributed by atoms with Crippen LogP contribution < -0.4 is 0 Å². The molecule has 0 atom stereocenters. The smallest absolute Gasteiger partial charge is 0.386 e. The second-order valence-electron chi connectivity index (χ2n) is 4.79. The Hall–Kier alpha value is 1.04. The quantitative estimate of drug-likeness (QED) is 0.519. The third-order valence-corrected chi connectivity index (χ3v) is 19.8. The normalized spacial score (nSPS) is 24.6. The second kappa shape index (κ2) is 6.87. The highest BCUT2D eigenvalue weighted by molar-refractivity contribution is 6.99. The molecule has 114 valence electrons. The van der Waals surface area contributed by atoms with Gasteiger partial charge in [-0.3, -0.25) is 0 Å². The summed E-state index contributed by atoms with van der Waals surface area (Å²) in [5, 5.41) is 0. The Bertz CT molecular complexity index is 282. The molecular formula is C10H23Cl2FO3Si3. The Kier molecular flexibility index (Phi) is 6.54. The van der Waals surface area contributed by atoms with E-state index in [9.17, 15) is 4.39 Å². The molecule has 1 heterocycles. The largest absolute Gasteiger partial charge is 0.415 e. The van der Waals surface area contributed by atoms with Gasteiger partial charge in [-0.2, -0.15) is 0 Å². The van der Waals surface area contributed by atoms with Crippen LogP contribution in [0.5, 0.6) is 0 Å². The minimum atomic E-state index is -3.23. The molecule has 0 amide bonds. The van der Waals surface area contributed by atoms with Crippen molar-refractivity contribution in [3.63, 3.8) is 0 Å². The fourth-order valence-corrected chi connectivity index (χ4v) is 20.5. The number of hydrogen-bond donors (Lipinski definition) is 0. The summed E-state index contributed by atoms with van der Waals surface area (Å²) in [5.41, 5.74) is 0. The standard InChI is InChI=1S/C10H23Cl2FO3Si3/c1-5-17(6-2)14-18(7-3,8-4)16-19(9-13,15-17)10(11)12/h10H,5-9H2,1-4H3. The molecule has 1 saturated heterocycles. The molecule has 0 aromatic rings. The Balaban J connectivity index is 3.22. The number of alkyl halides is 3. The van der Waals surface area contributed by atoms with Crippen molar-refractivity contribution in [2.45, 2.75) is 56.3 Å². The van der Waals surface area contributed by atoms with E-state index in [1.807, 2.05) is 27.7 Å². The highest BCUT2D eigenvalue weighted by Crippen LogP contribution is 2.41. The Morgan fingerprint density at radius 2 is 1.21 bits per heavy atom. The lowest BCUT2D eigenvalue weighted by molar-refractivity contribution is 0.202. The van der Waals surface area contributed by atoms with E-state index in [0.717, 1.165) is 24.2 Å². The van der Waals surface area contributed by atoms with Crippen LogP contribution in [0.2, 0.25) is 24.2 Å². The molecule has 1 aliphatic heterocycles. The molecule has 0 aliphatic carbocycles. The Morgan fingerprint density at radius 1 is 0.842 bits per heavy atom. The molecule has 1 fully saturated rings. The maximum Gasteiger partial charge on any atom is 0.386 e. The molecule has 19 heavy (non-hydrogen) atoms. The number of hydrogen-bond acceptors (Lipinski definition) is 3. The molecule has 0 aromatic carbocycles. The summed E-state index contributed by atoms with van der Waals surface area (Å²) < 4.78 is 31.2. The first-order valence-electron chi connectivity index (χ1n) is 6.81. The van der Waals surface area contributed by atoms with Crippen molar-refractivity contribution in [2.24, 2.45) is 0 Å². The highest BCUT2D eigenvalue weighted by Gasteiger charge is 2.63. The molecule has 0 aromatic heterocycles. The van der Waals surface area contributed by atoms with Crippen LogP contribution in [0, 0.1) is 0 Å². The molecule has 0 N–H and O–H groups in total. The summed E-state index contributed by atoms with van der Waals surface area (Å²) in [6, 6.07) is 3.10. The zero-order valence-corrected chi connectivity index (χ0v) is 16.5. The van der Waals surface area contributed by atoms with Crippen LogP contribution in [-0.4, -0.2) is 36.4 Å². The fourth-order valence-electron chi connectivity index (χ4n) is 2.31. The van der Waals surface area contributed by atoms with E-state index in [2.05, 4.69) is 0 Å². The lowest BCUT2D eigenvalue weighted by Crippen LogP contribution is -2.73. The third kappa shape index (κ3) is 3.45. The lowest BCUT2D eigenvalue weighted by Gasteiger charge is -2.52. The zero-order valence-electron chi connectivity index (χ0n) is 12.0. The Labute approximate surface area is 128 Å². The first-order chi connectivity index (χ1) is 8.87. The molecule has 0 radical (unpaired) electrons. The van der Waals surface area contributed by atoms with Gasteiger partial charge in [-0.05, 0) is 24.2 Å². The van der Waals surface area contributed by atoms with Gasteiger partial charge in [0.05, 0.1) is 0 Å². The second-order valence-corrected chi connectivity index (χ2v) is 18.0. The van der Waals surface area contributed by atoms with Gasteiger partial charge in [0.1, 0.15) is 6.30 Å². The van der Waals surface area contributed by atoms with Crippen molar-refractivity contribution in [1.82, 2.24) is 0 Å². The van der Waals surface area contributed by atoms with Crippen LogP contribution in [0.15, 0.2) is 0 Å². The topological polar surface area (TPSA) is 27.7 Å². The predicted molar refractivity (Wildman–Crippen MR) is 83.9 cm³/mol. The zero-order chi connectivity index (χ0) is 14.7. The first kappa shape index (κ1) is 18.1. The van der Waals surface area contributed by atoms with Crippen LogP contribution in [-0.2, 0) is 12.3 Å². The summed E-state index contributed by atoms with van der Waals surface area (Å²) in [6.45, 7) is 8.11. The first-order valence-corrected chi connectivity index (χ1v) is 14.2. The number of halogens is 3.